The molecule has 1 aromatic carbocycles. The number of hydrogen-bond donors (Lipinski definition) is 1. The SMILES string of the molecule is Cc1cccc(C)c1CN1CC(C)NCC1C(C)C. The van der Waals surface area contributed by atoms with Crippen molar-refractivity contribution in [3.63, 3.8) is 0 Å². The first kappa shape index (κ1) is 14.5. The highest BCUT2D eigenvalue weighted by Crippen LogP contribution is 2.21. The van der Waals surface area contributed by atoms with Crippen LogP contribution in [0, 0.1) is 19.8 Å². The molecular weight excluding hydrogens is 232 g/mol. The fourth-order valence-electron chi connectivity index (χ4n) is 3.14. The van der Waals surface area contributed by atoms with E-state index in [9.17, 15) is 0 Å². The van der Waals surface area contributed by atoms with Crippen molar-refractivity contribution in [1.29, 1.82) is 0 Å². The average Bonchev–Trinajstić information content (AvgIpc) is 2.33. The van der Waals surface area contributed by atoms with Crippen LogP contribution < -0.4 is 5.32 Å². The summed E-state index contributed by atoms with van der Waals surface area (Å²) in [5.41, 5.74) is 4.37. The number of aryl methyl sites for hydroxylation is 2. The first-order valence-electron chi connectivity index (χ1n) is 7.51. The molecule has 0 aliphatic carbocycles. The Morgan fingerprint density at radius 1 is 1.26 bits per heavy atom. The lowest BCUT2D eigenvalue weighted by Gasteiger charge is -2.42. The quantitative estimate of drug-likeness (QED) is 0.898. The molecule has 1 aliphatic rings. The number of benzene rings is 1. The molecular formula is C17H28N2. The Labute approximate surface area is 118 Å². The van der Waals surface area contributed by atoms with Crippen LogP contribution in [0.5, 0.6) is 0 Å². The molecule has 2 atom stereocenters. The monoisotopic (exact) mass is 260 g/mol. The molecule has 1 aromatic rings. The molecule has 0 aromatic heterocycles. The van der Waals surface area contributed by atoms with Gasteiger partial charge in [0.25, 0.3) is 0 Å². The Kier molecular flexibility index (Phi) is 4.64. The number of hydrogen-bond acceptors (Lipinski definition) is 2. The summed E-state index contributed by atoms with van der Waals surface area (Å²) in [5.74, 6) is 0.698. The van der Waals surface area contributed by atoms with Gasteiger partial charge < -0.3 is 5.32 Å². The molecule has 1 fully saturated rings. The minimum Gasteiger partial charge on any atom is -0.311 e. The number of piperazine rings is 1. The molecule has 2 nitrogen and oxygen atoms in total. The van der Waals surface area contributed by atoms with Crippen molar-refractivity contribution in [2.75, 3.05) is 13.1 Å². The van der Waals surface area contributed by atoms with Crippen molar-refractivity contribution in [3.05, 3.63) is 34.9 Å². The van der Waals surface area contributed by atoms with E-state index in [4.69, 9.17) is 0 Å². The number of nitrogens with zero attached hydrogens (tertiary/aromatic N) is 1. The van der Waals surface area contributed by atoms with Crippen LogP contribution in [0.25, 0.3) is 0 Å². The number of rotatable bonds is 3. The Morgan fingerprint density at radius 3 is 2.47 bits per heavy atom. The van der Waals surface area contributed by atoms with Crippen LogP contribution in [0.1, 0.15) is 37.5 Å². The van der Waals surface area contributed by atoms with Crippen molar-refractivity contribution < 1.29 is 0 Å². The summed E-state index contributed by atoms with van der Waals surface area (Å²) in [5, 5.41) is 3.62. The molecule has 2 heteroatoms. The molecule has 1 heterocycles. The normalized spacial score (nSPS) is 24.9. The second-order valence-corrected chi connectivity index (χ2v) is 6.42. The maximum Gasteiger partial charge on any atom is 0.0247 e. The third kappa shape index (κ3) is 3.37. The summed E-state index contributed by atoms with van der Waals surface area (Å²) < 4.78 is 0. The summed E-state index contributed by atoms with van der Waals surface area (Å²) in [6.45, 7) is 14.8. The van der Waals surface area contributed by atoms with Crippen LogP contribution >= 0.6 is 0 Å². The van der Waals surface area contributed by atoms with Gasteiger partial charge in [-0.2, -0.15) is 0 Å². The molecule has 1 saturated heterocycles. The molecule has 0 amide bonds. The molecule has 2 rings (SSSR count). The second-order valence-electron chi connectivity index (χ2n) is 6.42. The highest BCUT2D eigenvalue weighted by Gasteiger charge is 2.28. The zero-order chi connectivity index (χ0) is 14.0. The summed E-state index contributed by atoms with van der Waals surface area (Å²) >= 11 is 0. The maximum atomic E-state index is 3.62. The van der Waals surface area contributed by atoms with Crippen LogP contribution in [-0.4, -0.2) is 30.1 Å². The second kappa shape index (κ2) is 6.06. The van der Waals surface area contributed by atoms with Gasteiger partial charge in [-0.25, -0.2) is 0 Å². The summed E-state index contributed by atoms with van der Waals surface area (Å²) in [6.07, 6.45) is 0. The van der Waals surface area contributed by atoms with E-state index in [-0.39, 0.29) is 0 Å². The molecule has 1 aliphatic heterocycles. The molecule has 0 spiro atoms. The zero-order valence-electron chi connectivity index (χ0n) is 13.0. The van der Waals surface area contributed by atoms with Crippen LogP contribution in [0.2, 0.25) is 0 Å². The van der Waals surface area contributed by atoms with E-state index in [2.05, 4.69) is 63.0 Å². The molecule has 0 radical (unpaired) electrons. The van der Waals surface area contributed by atoms with Gasteiger partial charge in [-0.3, -0.25) is 4.90 Å². The first-order valence-corrected chi connectivity index (χ1v) is 7.51. The Bertz CT molecular complexity index is 405. The number of nitrogens with one attached hydrogen (secondary N) is 1. The minimum atomic E-state index is 0.597. The summed E-state index contributed by atoms with van der Waals surface area (Å²) in [6, 6.07) is 7.88. The largest absolute Gasteiger partial charge is 0.311 e. The van der Waals surface area contributed by atoms with Crippen molar-refractivity contribution in [2.45, 2.75) is 53.2 Å². The molecule has 0 saturated carbocycles. The zero-order valence-corrected chi connectivity index (χ0v) is 13.0. The van der Waals surface area contributed by atoms with Gasteiger partial charge in [0.2, 0.25) is 0 Å². The minimum absolute atomic E-state index is 0.597. The van der Waals surface area contributed by atoms with Crippen molar-refractivity contribution in [1.82, 2.24) is 10.2 Å². The van der Waals surface area contributed by atoms with Gasteiger partial charge in [-0.05, 0) is 43.4 Å². The van der Waals surface area contributed by atoms with Crippen LogP contribution in [0.4, 0.5) is 0 Å². The van der Waals surface area contributed by atoms with Crippen molar-refractivity contribution in [3.8, 4) is 0 Å². The van der Waals surface area contributed by atoms with Crippen LogP contribution in [0.3, 0.4) is 0 Å². The Balaban J connectivity index is 2.19. The maximum absolute atomic E-state index is 3.62. The highest BCUT2D eigenvalue weighted by atomic mass is 15.2. The van der Waals surface area contributed by atoms with Gasteiger partial charge in [-0.15, -0.1) is 0 Å². The van der Waals surface area contributed by atoms with Crippen molar-refractivity contribution in [2.24, 2.45) is 5.92 Å². The van der Waals surface area contributed by atoms with Gasteiger partial charge in [-0.1, -0.05) is 32.0 Å². The molecule has 0 bridgehead atoms. The standard InChI is InChI=1S/C17H28N2/c1-12(2)17-9-18-15(5)10-19(17)11-16-13(3)7-6-8-14(16)4/h6-8,12,15,17-18H,9-11H2,1-5H3. The Hall–Kier alpha value is -0.860. The fraction of sp³-hybridized carbons (Fsp3) is 0.647. The van der Waals surface area contributed by atoms with Crippen molar-refractivity contribution >= 4 is 0 Å². The van der Waals surface area contributed by atoms with Gasteiger partial charge in [0.1, 0.15) is 0 Å². The predicted octanol–water partition coefficient (Wildman–Crippen LogP) is 3.12. The summed E-state index contributed by atoms with van der Waals surface area (Å²) in [4.78, 5) is 2.67. The lowest BCUT2D eigenvalue weighted by Crippen LogP contribution is -2.56. The fourth-order valence-corrected chi connectivity index (χ4v) is 3.14. The molecule has 106 valence electrons. The smallest absolute Gasteiger partial charge is 0.0247 e. The van der Waals surface area contributed by atoms with Crippen LogP contribution in [-0.2, 0) is 6.54 Å². The van der Waals surface area contributed by atoms with Gasteiger partial charge in [0.05, 0.1) is 0 Å². The predicted molar refractivity (Wildman–Crippen MR) is 82.4 cm³/mol. The van der Waals surface area contributed by atoms with E-state index in [0.717, 1.165) is 19.6 Å². The third-order valence-electron chi connectivity index (χ3n) is 4.43. The van der Waals surface area contributed by atoms with E-state index in [1.165, 1.54) is 16.7 Å². The highest BCUT2D eigenvalue weighted by molar-refractivity contribution is 5.33. The third-order valence-corrected chi connectivity index (χ3v) is 4.43. The van der Waals surface area contributed by atoms with E-state index >= 15 is 0 Å². The van der Waals surface area contributed by atoms with E-state index in [0.29, 0.717) is 18.0 Å². The molecule has 1 N–H and O–H groups in total. The van der Waals surface area contributed by atoms with Crippen LogP contribution in [0.15, 0.2) is 18.2 Å². The van der Waals surface area contributed by atoms with E-state index < -0.39 is 0 Å². The van der Waals surface area contributed by atoms with E-state index in [1.807, 2.05) is 0 Å². The lowest BCUT2D eigenvalue weighted by atomic mass is 9.96. The Morgan fingerprint density at radius 2 is 1.89 bits per heavy atom. The summed E-state index contributed by atoms with van der Waals surface area (Å²) in [7, 11) is 0. The van der Waals surface area contributed by atoms with Gasteiger partial charge >= 0.3 is 0 Å². The first-order chi connectivity index (χ1) is 8.99. The van der Waals surface area contributed by atoms with Gasteiger partial charge in [0.15, 0.2) is 0 Å². The molecule has 19 heavy (non-hydrogen) atoms. The topological polar surface area (TPSA) is 15.3 Å². The lowest BCUT2D eigenvalue weighted by molar-refractivity contribution is 0.0952. The van der Waals surface area contributed by atoms with Gasteiger partial charge in [0, 0.05) is 31.7 Å². The van der Waals surface area contributed by atoms with E-state index in [1.54, 1.807) is 0 Å². The molecule has 2 unspecified atom stereocenters. The average molecular weight is 260 g/mol.